The second kappa shape index (κ2) is 10.3. The summed E-state index contributed by atoms with van der Waals surface area (Å²) < 4.78 is 29.1. The van der Waals surface area contributed by atoms with E-state index in [2.05, 4.69) is 30.3 Å². The highest BCUT2D eigenvalue weighted by atomic mass is 16.6. The summed E-state index contributed by atoms with van der Waals surface area (Å²) in [6, 6.07) is 25.2. The zero-order chi connectivity index (χ0) is 26.0. The minimum Gasteiger partial charge on any atom is -0.501 e. The van der Waals surface area contributed by atoms with Gasteiger partial charge in [0.25, 0.3) is 0 Å². The van der Waals surface area contributed by atoms with Gasteiger partial charge in [-0.25, -0.2) is 4.79 Å². The van der Waals surface area contributed by atoms with Gasteiger partial charge in [-0.15, -0.1) is 0 Å². The minimum absolute atomic E-state index is 0.0225. The second-order valence-electron chi connectivity index (χ2n) is 9.46. The smallest absolute Gasteiger partial charge is 0.338 e. The number of esters is 1. The first kappa shape index (κ1) is 24.9. The van der Waals surface area contributed by atoms with E-state index in [0.717, 1.165) is 28.4 Å². The van der Waals surface area contributed by atoms with Crippen molar-refractivity contribution in [3.63, 3.8) is 0 Å². The van der Waals surface area contributed by atoms with Crippen LogP contribution >= 0.6 is 0 Å². The highest BCUT2D eigenvalue weighted by Gasteiger charge is 2.63. The third-order valence-electron chi connectivity index (χ3n) is 7.61. The Morgan fingerprint density at radius 3 is 1.89 bits per heavy atom. The SMILES string of the molecule is COC1=CC(OC)([C@@H]2C[C@@H]2OC(=O)c2ccccc2)[C@@H](c2ccc(OC)cc2)[C@@H]1c1ccc(OC)cc1. The van der Waals surface area contributed by atoms with Gasteiger partial charge in [-0.1, -0.05) is 42.5 Å². The lowest BCUT2D eigenvalue weighted by molar-refractivity contribution is -0.0217. The van der Waals surface area contributed by atoms with Crippen LogP contribution in [0.2, 0.25) is 0 Å². The first-order valence-corrected chi connectivity index (χ1v) is 12.4. The molecular weight excluding hydrogens is 468 g/mol. The Morgan fingerprint density at radius 1 is 0.757 bits per heavy atom. The molecule has 0 aromatic heterocycles. The van der Waals surface area contributed by atoms with Crippen LogP contribution in [0, 0.1) is 5.92 Å². The fourth-order valence-corrected chi connectivity index (χ4v) is 5.68. The summed E-state index contributed by atoms with van der Waals surface area (Å²) >= 11 is 0. The number of carbonyl (C=O) groups excluding carboxylic acids is 1. The largest absolute Gasteiger partial charge is 0.501 e. The number of rotatable bonds is 9. The molecule has 1 saturated carbocycles. The van der Waals surface area contributed by atoms with Gasteiger partial charge in [0.05, 0.1) is 32.8 Å². The third-order valence-corrected chi connectivity index (χ3v) is 7.61. The van der Waals surface area contributed by atoms with Gasteiger partial charge in [-0.2, -0.15) is 0 Å². The Bertz CT molecular complexity index is 1250. The molecule has 1 unspecified atom stereocenters. The molecule has 2 aliphatic carbocycles. The second-order valence-corrected chi connectivity index (χ2v) is 9.46. The van der Waals surface area contributed by atoms with Gasteiger partial charge in [0.15, 0.2) is 0 Å². The van der Waals surface area contributed by atoms with Gasteiger partial charge in [-0.3, -0.25) is 0 Å². The van der Waals surface area contributed by atoms with E-state index in [9.17, 15) is 4.79 Å². The van der Waals surface area contributed by atoms with Crippen LogP contribution in [0.15, 0.2) is 90.7 Å². The summed E-state index contributed by atoms with van der Waals surface area (Å²) in [7, 11) is 6.74. The van der Waals surface area contributed by atoms with Gasteiger partial charge in [0.1, 0.15) is 29.0 Å². The number of ether oxygens (including phenoxy) is 5. The van der Waals surface area contributed by atoms with Crippen LogP contribution in [0.3, 0.4) is 0 Å². The molecule has 192 valence electrons. The predicted molar refractivity (Wildman–Crippen MR) is 140 cm³/mol. The number of hydrogen-bond acceptors (Lipinski definition) is 6. The maximum atomic E-state index is 12.8. The topological polar surface area (TPSA) is 63.2 Å². The normalized spacial score (nSPS) is 26.2. The lowest BCUT2D eigenvalue weighted by Crippen LogP contribution is -2.39. The molecular formula is C31H32O6. The molecule has 37 heavy (non-hydrogen) atoms. The summed E-state index contributed by atoms with van der Waals surface area (Å²) in [5.74, 6) is 1.84. The molecule has 3 aromatic rings. The molecule has 1 fully saturated rings. The first-order chi connectivity index (χ1) is 18.0. The molecule has 0 heterocycles. The molecule has 5 rings (SSSR count). The van der Waals surface area contributed by atoms with Crippen molar-refractivity contribution in [3.05, 3.63) is 107 Å². The summed E-state index contributed by atoms with van der Waals surface area (Å²) in [5.41, 5.74) is 1.99. The van der Waals surface area contributed by atoms with E-state index in [1.54, 1.807) is 40.6 Å². The number of benzene rings is 3. The van der Waals surface area contributed by atoms with Crippen LogP contribution in [-0.2, 0) is 14.2 Å². The van der Waals surface area contributed by atoms with Crippen LogP contribution in [0.5, 0.6) is 11.5 Å². The van der Waals surface area contributed by atoms with Crippen LogP contribution in [-0.4, -0.2) is 46.1 Å². The van der Waals surface area contributed by atoms with Crippen LogP contribution in [0.1, 0.15) is 39.7 Å². The van der Waals surface area contributed by atoms with Crippen molar-refractivity contribution in [2.75, 3.05) is 28.4 Å². The molecule has 0 N–H and O–H groups in total. The summed E-state index contributed by atoms with van der Waals surface area (Å²) in [6.45, 7) is 0. The number of carbonyl (C=O) groups is 1. The lowest BCUT2D eigenvalue weighted by atomic mass is 9.73. The van der Waals surface area contributed by atoms with E-state index in [1.165, 1.54) is 0 Å². The molecule has 0 spiro atoms. The minimum atomic E-state index is -0.730. The van der Waals surface area contributed by atoms with Gasteiger partial charge in [0.2, 0.25) is 0 Å². The van der Waals surface area contributed by atoms with Crippen molar-refractivity contribution in [1.29, 1.82) is 0 Å². The summed E-state index contributed by atoms with van der Waals surface area (Å²) in [4.78, 5) is 12.8. The molecule has 0 amide bonds. The molecule has 0 radical (unpaired) electrons. The van der Waals surface area contributed by atoms with Crippen molar-refractivity contribution >= 4 is 5.97 Å². The number of hydrogen-bond donors (Lipinski definition) is 0. The van der Waals surface area contributed by atoms with Crippen molar-refractivity contribution in [3.8, 4) is 11.5 Å². The molecule has 0 saturated heterocycles. The molecule has 5 atom stereocenters. The molecule has 0 bridgehead atoms. The van der Waals surface area contributed by atoms with E-state index in [4.69, 9.17) is 23.7 Å². The highest BCUT2D eigenvalue weighted by molar-refractivity contribution is 5.89. The Hall–Kier alpha value is -3.77. The zero-order valence-electron chi connectivity index (χ0n) is 21.5. The van der Waals surface area contributed by atoms with Crippen molar-refractivity contribution in [2.45, 2.75) is 30.0 Å². The molecule has 3 aromatic carbocycles. The van der Waals surface area contributed by atoms with Crippen LogP contribution in [0.25, 0.3) is 0 Å². The van der Waals surface area contributed by atoms with Gasteiger partial charge in [-0.05, 0) is 60.0 Å². The Kier molecular flexibility index (Phi) is 6.94. The monoisotopic (exact) mass is 500 g/mol. The van der Waals surface area contributed by atoms with Crippen LogP contribution < -0.4 is 9.47 Å². The quantitative estimate of drug-likeness (QED) is 0.349. The number of allylic oxidation sites excluding steroid dienone is 1. The van der Waals surface area contributed by atoms with Crippen LogP contribution in [0.4, 0.5) is 0 Å². The van der Waals surface area contributed by atoms with Crippen molar-refractivity contribution in [1.82, 2.24) is 0 Å². The van der Waals surface area contributed by atoms with Gasteiger partial charge >= 0.3 is 5.97 Å². The molecule has 6 heteroatoms. The maximum Gasteiger partial charge on any atom is 0.338 e. The third kappa shape index (κ3) is 4.58. The fraction of sp³-hybridized carbons (Fsp3) is 0.323. The molecule has 6 nitrogen and oxygen atoms in total. The van der Waals surface area contributed by atoms with Gasteiger partial charge in [0, 0.05) is 18.9 Å². The lowest BCUT2D eigenvalue weighted by Gasteiger charge is -2.37. The van der Waals surface area contributed by atoms with E-state index in [1.807, 2.05) is 42.5 Å². The Labute approximate surface area is 217 Å². The standard InChI is InChI=1S/C31H32O6/c1-33-23-14-10-20(11-15-23)28-27(35-3)19-31(36-4,29(28)21-12-16-24(34-2)17-13-21)25-18-26(25)37-30(32)22-8-6-5-7-9-22/h5-17,19,25-26,28-29H,18H2,1-4H3/t25-,26+,28-,29+,31?/m1/s1. The number of methoxy groups -OCH3 is 4. The Morgan fingerprint density at radius 2 is 1.35 bits per heavy atom. The van der Waals surface area contributed by atoms with Crippen molar-refractivity contribution < 1.29 is 28.5 Å². The average Bonchev–Trinajstić information content (AvgIpc) is 3.65. The Balaban J connectivity index is 1.53. The zero-order valence-corrected chi connectivity index (χ0v) is 21.5. The summed E-state index contributed by atoms with van der Waals surface area (Å²) in [6.07, 6.45) is 2.55. The van der Waals surface area contributed by atoms with E-state index < -0.39 is 5.60 Å². The highest BCUT2D eigenvalue weighted by Crippen LogP contribution is 2.61. The first-order valence-electron chi connectivity index (χ1n) is 12.4. The van der Waals surface area contributed by atoms with Gasteiger partial charge < -0.3 is 23.7 Å². The molecule has 2 aliphatic rings. The fourth-order valence-electron chi connectivity index (χ4n) is 5.68. The van der Waals surface area contributed by atoms with E-state index >= 15 is 0 Å². The predicted octanol–water partition coefficient (Wildman–Crippen LogP) is 5.75. The average molecular weight is 501 g/mol. The summed E-state index contributed by atoms with van der Waals surface area (Å²) in [5, 5.41) is 0. The maximum absolute atomic E-state index is 12.8. The van der Waals surface area contributed by atoms with E-state index in [0.29, 0.717) is 12.0 Å². The van der Waals surface area contributed by atoms with Crippen molar-refractivity contribution in [2.24, 2.45) is 5.92 Å². The van der Waals surface area contributed by atoms with E-state index in [-0.39, 0.29) is 29.8 Å². The molecule has 0 aliphatic heterocycles.